The minimum Gasteiger partial charge on any atom is -0.342 e. The zero-order valence-corrected chi connectivity index (χ0v) is 15.2. The number of hydrogen-bond acceptors (Lipinski definition) is 2. The highest BCUT2D eigenvalue weighted by Gasteiger charge is 2.50. The maximum absolute atomic E-state index is 12.9. The SMILES string of the molecule is CC(=O)Nc1ccc(CC(=O)N(C)C2C3CC4CC(C3)CC2C4)cc1. The van der Waals surface area contributed by atoms with Gasteiger partial charge < -0.3 is 10.2 Å². The number of nitrogens with zero attached hydrogens (tertiary/aromatic N) is 1. The van der Waals surface area contributed by atoms with Gasteiger partial charge in [-0.1, -0.05) is 12.1 Å². The first kappa shape index (κ1) is 16.6. The van der Waals surface area contributed by atoms with Crippen molar-refractivity contribution in [2.75, 3.05) is 12.4 Å². The minimum absolute atomic E-state index is 0.0783. The molecule has 4 bridgehead atoms. The van der Waals surface area contributed by atoms with E-state index in [1.54, 1.807) is 0 Å². The highest BCUT2D eigenvalue weighted by atomic mass is 16.2. The average Bonchev–Trinajstić information content (AvgIpc) is 2.55. The fourth-order valence-electron chi connectivity index (χ4n) is 5.90. The number of carbonyl (C=O) groups excluding carboxylic acids is 2. The molecule has 0 heterocycles. The van der Waals surface area contributed by atoms with Crippen LogP contribution in [0.15, 0.2) is 24.3 Å². The van der Waals surface area contributed by atoms with E-state index in [0.717, 1.165) is 34.9 Å². The number of benzene rings is 1. The Bertz CT molecular complexity index is 639. The Hall–Kier alpha value is -1.84. The third-order valence-corrected chi connectivity index (χ3v) is 6.65. The van der Waals surface area contributed by atoms with Gasteiger partial charge in [-0.15, -0.1) is 0 Å². The molecule has 4 saturated carbocycles. The van der Waals surface area contributed by atoms with E-state index < -0.39 is 0 Å². The summed E-state index contributed by atoms with van der Waals surface area (Å²) >= 11 is 0. The molecule has 4 fully saturated rings. The molecule has 0 radical (unpaired) electrons. The molecular weight excluding hydrogens is 312 g/mol. The molecule has 0 saturated heterocycles. The molecule has 1 aromatic carbocycles. The van der Waals surface area contributed by atoms with Gasteiger partial charge >= 0.3 is 0 Å². The smallest absolute Gasteiger partial charge is 0.226 e. The van der Waals surface area contributed by atoms with Gasteiger partial charge in [0.15, 0.2) is 0 Å². The number of carbonyl (C=O) groups is 2. The zero-order valence-electron chi connectivity index (χ0n) is 15.2. The van der Waals surface area contributed by atoms with Gasteiger partial charge in [-0.3, -0.25) is 9.59 Å². The lowest BCUT2D eigenvalue weighted by atomic mass is 9.54. The second-order valence-corrected chi connectivity index (χ2v) is 8.48. The Kier molecular flexibility index (Phi) is 4.30. The van der Waals surface area contributed by atoms with Gasteiger partial charge in [-0.25, -0.2) is 0 Å². The third-order valence-electron chi connectivity index (χ3n) is 6.65. The van der Waals surface area contributed by atoms with Gasteiger partial charge in [-0.05, 0) is 73.5 Å². The summed E-state index contributed by atoms with van der Waals surface area (Å²) in [4.78, 5) is 26.0. The average molecular weight is 340 g/mol. The highest BCUT2D eigenvalue weighted by Crippen LogP contribution is 2.54. The monoisotopic (exact) mass is 340 g/mol. The molecule has 25 heavy (non-hydrogen) atoms. The van der Waals surface area contributed by atoms with Gasteiger partial charge in [0.1, 0.15) is 0 Å². The molecule has 0 unspecified atom stereocenters. The maximum atomic E-state index is 12.9. The van der Waals surface area contributed by atoms with Crippen molar-refractivity contribution in [1.29, 1.82) is 0 Å². The molecule has 4 nitrogen and oxygen atoms in total. The first-order chi connectivity index (χ1) is 12.0. The lowest BCUT2D eigenvalue weighted by molar-refractivity contribution is -0.140. The van der Waals surface area contributed by atoms with Gasteiger partial charge in [-0.2, -0.15) is 0 Å². The van der Waals surface area contributed by atoms with Crippen molar-refractivity contribution in [2.24, 2.45) is 23.7 Å². The number of rotatable bonds is 4. The van der Waals surface area contributed by atoms with Crippen LogP contribution in [0.25, 0.3) is 0 Å². The summed E-state index contributed by atoms with van der Waals surface area (Å²) in [7, 11) is 2.01. The Balaban J connectivity index is 1.40. The second kappa shape index (κ2) is 6.47. The van der Waals surface area contributed by atoms with E-state index in [9.17, 15) is 9.59 Å². The second-order valence-electron chi connectivity index (χ2n) is 8.48. The molecule has 4 aliphatic rings. The van der Waals surface area contributed by atoms with Crippen molar-refractivity contribution < 1.29 is 9.59 Å². The van der Waals surface area contributed by atoms with Crippen molar-refractivity contribution in [1.82, 2.24) is 4.90 Å². The van der Waals surface area contributed by atoms with Crippen molar-refractivity contribution in [2.45, 2.75) is 51.5 Å². The summed E-state index contributed by atoms with van der Waals surface area (Å²) in [6.07, 6.45) is 7.22. The minimum atomic E-state index is -0.0783. The van der Waals surface area contributed by atoms with E-state index in [0.29, 0.717) is 12.5 Å². The van der Waals surface area contributed by atoms with E-state index in [2.05, 4.69) is 10.2 Å². The molecule has 5 rings (SSSR count). The Labute approximate surface area is 150 Å². The lowest BCUT2D eigenvalue weighted by Gasteiger charge is -2.56. The van der Waals surface area contributed by atoms with Crippen LogP contribution in [0.3, 0.4) is 0 Å². The van der Waals surface area contributed by atoms with Crippen molar-refractivity contribution in [3.05, 3.63) is 29.8 Å². The Morgan fingerprint density at radius 1 is 1.00 bits per heavy atom. The third kappa shape index (κ3) is 3.31. The van der Waals surface area contributed by atoms with Gasteiger partial charge in [0.2, 0.25) is 11.8 Å². The van der Waals surface area contributed by atoms with E-state index >= 15 is 0 Å². The molecule has 1 aromatic rings. The summed E-state index contributed by atoms with van der Waals surface area (Å²) in [6.45, 7) is 1.50. The number of nitrogens with one attached hydrogen (secondary N) is 1. The number of likely N-dealkylation sites (N-methyl/N-ethyl adjacent to an activating group) is 1. The highest BCUT2D eigenvalue weighted by molar-refractivity contribution is 5.88. The summed E-state index contributed by atoms with van der Waals surface area (Å²) in [5.74, 6) is 3.47. The van der Waals surface area contributed by atoms with E-state index in [1.165, 1.54) is 39.0 Å². The van der Waals surface area contributed by atoms with Crippen LogP contribution in [0.5, 0.6) is 0 Å². The fourth-order valence-corrected chi connectivity index (χ4v) is 5.90. The van der Waals surface area contributed by atoms with Crippen LogP contribution in [-0.4, -0.2) is 29.8 Å². The molecule has 2 amide bonds. The van der Waals surface area contributed by atoms with Gasteiger partial charge in [0, 0.05) is 25.7 Å². The molecule has 4 heteroatoms. The van der Waals surface area contributed by atoms with Crippen LogP contribution in [0, 0.1) is 23.7 Å². The molecule has 1 N–H and O–H groups in total. The van der Waals surface area contributed by atoms with Crippen LogP contribution < -0.4 is 5.32 Å². The maximum Gasteiger partial charge on any atom is 0.226 e. The topological polar surface area (TPSA) is 49.4 Å². The first-order valence-corrected chi connectivity index (χ1v) is 9.61. The van der Waals surface area contributed by atoms with Crippen LogP contribution in [-0.2, 0) is 16.0 Å². The normalized spacial score (nSPS) is 32.5. The Morgan fingerprint density at radius 2 is 1.56 bits per heavy atom. The van der Waals surface area contributed by atoms with Gasteiger partial charge in [0.05, 0.1) is 6.42 Å². The summed E-state index contributed by atoms with van der Waals surface area (Å²) < 4.78 is 0. The van der Waals surface area contributed by atoms with Crippen molar-refractivity contribution in [3.63, 3.8) is 0 Å². The van der Waals surface area contributed by atoms with E-state index in [1.807, 2.05) is 31.3 Å². The summed E-state index contributed by atoms with van der Waals surface area (Å²) in [5, 5.41) is 2.76. The quantitative estimate of drug-likeness (QED) is 0.912. The summed E-state index contributed by atoms with van der Waals surface area (Å²) in [6, 6.07) is 8.07. The molecule has 0 aliphatic heterocycles. The molecule has 0 atom stereocenters. The molecule has 4 aliphatic carbocycles. The molecular formula is C21H28N2O2. The van der Waals surface area contributed by atoms with E-state index in [-0.39, 0.29) is 11.8 Å². The molecule has 0 aromatic heterocycles. The predicted molar refractivity (Wildman–Crippen MR) is 98.1 cm³/mol. The van der Waals surface area contributed by atoms with Crippen LogP contribution in [0.1, 0.15) is 44.6 Å². The Morgan fingerprint density at radius 3 is 2.08 bits per heavy atom. The molecule has 0 spiro atoms. The summed E-state index contributed by atoms with van der Waals surface area (Å²) in [5.41, 5.74) is 1.79. The zero-order chi connectivity index (χ0) is 17.6. The lowest BCUT2D eigenvalue weighted by Crippen LogP contribution is -2.56. The standard InChI is InChI=1S/C21H28N2O2/c1-13(24)22-19-5-3-14(4-6-19)12-20(25)23(2)21-17-8-15-7-16(10-17)11-18(21)9-15/h3-6,15-18,21H,7-12H2,1-2H3,(H,22,24). The van der Waals surface area contributed by atoms with Gasteiger partial charge in [0.25, 0.3) is 0 Å². The van der Waals surface area contributed by atoms with Crippen LogP contribution in [0.2, 0.25) is 0 Å². The number of amides is 2. The fraction of sp³-hybridized carbons (Fsp3) is 0.619. The van der Waals surface area contributed by atoms with Crippen molar-refractivity contribution >= 4 is 17.5 Å². The van der Waals surface area contributed by atoms with Crippen LogP contribution >= 0.6 is 0 Å². The van der Waals surface area contributed by atoms with Crippen LogP contribution in [0.4, 0.5) is 5.69 Å². The first-order valence-electron chi connectivity index (χ1n) is 9.61. The number of anilines is 1. The number of hydrogen-bond donors (Lipinski definition) is 1. The predicted octanol–water partition coefficient (Wildman–Crippen LogP) is 3.47. The molecule has 134 valence electrons. The largest absolute Gasteiger partial charge is 0.342 e. The van der Waals surface area contributed by atoms with Crippen molar-refractivity contribution in [3.8, 4) is 0 Å². The van der Waals surface area contributed by atoms with E-state index in [4.69, 9.17) is 0 Å².